The molecule has 0 saturated carbocycles. The number of hydrogen-bond acceptors (Lipinski definition) is 11. The van der Waals surface area contributed by atoms with Crippen molar-refractivity contribution in [2.75, 3.05) is 59.8 Å². The third-order valence-electron chi connectivity index (χ3n) is 10.8. The zero-order valence-corrected chi connectivity index (χ0v) is 34.5. The van der Waals surface area contributed by atoms with Gasteiger partial charge in [0.15, 0.2) is 10.8 Å². The molecule has 324 valence electrons. The van der Waals surface area contributed by atoms with Crippen LogP contribution >= 0.6 is 12.2 Å². The lowest BCUT2D eigenvalue weighted by Crippen LogP contribution is -2.61. The monoisotopic (exact) mass is 857 g/mol. The van der Waals surface area contributed by atoms with Gasteiger partial charge in [-0.1, -0.05) is 6.92 Å². The van der Waals surface area contributed by atoms with E-state index in [0.29, 0.717) is 62.4 Å². The number of anilines is 4. The van der Waals surface area contributed by atoms with Crippen molar-refractivity contribution in [2.24, 2.45) is 0 Å². The Bertz CT molecular complexity index is 2280. The molecule has 0 bridgehead atoms. The standard InChI is InChI=1S/C41H45F4N9O5S.3H2/c1-6-24-15-28(54-38(60)53(37(58)40(54,4)5)29-19-30(41(43,44)45)32(20-46)47-21-29)7-9-33(24)59-14-13-51-11-12-52(39(2,3)23-51)22-35(56)49-27-17-25(42)16-26(18-27)48-31-8-10-34(55)50-36(31)57;;;/h7,9,15-19,21,31,48H,6,8,10-14,22-23H2,1-5H3,(H,49,56)(H,50,55,57);3*1H. The fraction of sp³-hybridized carbons (Fsp3) is 0.439. The molecule has 3 aromatic rings. The average Bonchev–Trinajstić information content (AvgIpc) is 3.34. The van der Waals surface area contributed by atoms with E-state index in [1.165, 1.54) is 24.3 Å². The number of imide groups is 1. The number of amides is 4. The van der Waals surface area contributed by atoms with Gasteiger partial charge in [0.05, 0.1) is 24.0 Å². The average molecular weight is 858 g/mol. The number of thiocarbonyl (C=S) groups is 1. The normalized spacial score (nSPS) is 19.6. The highest BCUT2D eigenvalue weighted by Gasteiger charge is 2.51. The summed E-state index contributed by atoms with van der Waals surface area (Å²) in [4.78, 5) is 61.0. The molecular weight excluding hydrogens is 807 g/mol. The quantitative estimate of drug-likeness (QED) is 0.112. The molecule has 3 fully saturated rings. The predicted molar refractivity (Wildman–Crippen MR) is 225 cm³/mol. The molecule has 1 atom stereocenters. The molecule has 2 aromatic carbocycles. The van der Waals surface area contributed by atoms with Crippen LogP contribution in [0.3, 0.4) is 0 Å². The van der Waals surface area contributed by atoms with Gasteiger partial charge in [-0.05, 0) is 101 Å². The molecule has 0 spiro atoms. The molecule has 0 aliphatic carbocycles. The highest BCUT2D eigenvalue weighted by atomic mass is 32.1. The molecule has 3 aliphatic heterocycles. The number of nitrogens with one attached hydrogen (secondary N) is 3. The van der Waals surface area contributed by atoms with Crippen LogP contribution in [0, 0.1) is 17.1 Å². The number of halogens is 4. The summed E-state index contributed by atoms with van der Waals surface area (Å²) in [6.45, 7) is 12.1. The summed E-state index contributed by atoms with van der Waals surface area (Å²) in [6.07, 6.45) is -2.84. The van der Waals surface area contributed by atoms with Crippen molar-refractivity contribution in [1.29, 1.82) is 5.26 Å². The summed E-state index contributed by atoms with van der Waals surface area (Å²) in [5.74, 6) is -1.71. The van der Waals surface area contributed by atoms with Crippen LogP contribution < -0.4 is 30.5 Å². The van der Waals surface area contributed by atoms with Gasteiger partial charge in [-0.25, -0.2) is 9.37 Å². The minimum Gasteiger partial charge on any atom is -0.492 e. The second kappa shape index (κ2) is 17.1. The van der Waals surface area contributed by atoms with Crippen LogP contribution in [0.4, 0.5) is 40.3 Å². The molecule has 3 saturated heterocycles. The minimum atomic E-state index is -4.87. The molecular formula is C41H51F4N9O5S. The maximum Gasteiger partial charge on any atom is 0.419 e. The minimum absolute atomic E-state index is 0. The zero-order valence-electron chi connectivity index (χ0n) is 33.7. The van der Waals surface area contributed by atoms with Crippen molar-refractivity contribution in [3.63, 3.8) is 0 Å². The molecule has 6 rings (SSSR count). The number of nitriles is 1. The van der Waals surface area contributed by atoms with E-state index in [9.17, 15) is 42.0 Å². The van der Waals surface area contributed by atoms with Crippen LogP contribution in [-0.4, -0.2) is 100.0 Å². The number of aromatic nitrogens is 1. The SMILES string of the molecule is CCc1cc(N2C(=S)N(c3cnc(C#N)c(C(F)(F)F)c3)C(=O)C2(C)C)ccc1OCCN1CCN(CC(=O)Nc2cc(F)cc(NC3CCC(=O)NC3=O)c2)C(C)(C)C1.[HH].[HH].[HH]. The topological polar surface area (TPSA) is 163 Å². The van der Waals surface area contributed by atoms with Crippen LogP contribution in [-0.2, 0) is 31.8 Å². The van der Waals surface area contributed by atoms with E-state index in [2.05, 4.69) is 30.7 Å². The highest BCUT2D eigenvalue weighted by molar-refractivity contribution is 7.81. The lowest BCUT2D eigenvalue weighted by Gasteiger charge is -2.46. The Morgan fingerprint density at radius 3 is 2.48 bits per heavy atom. The van der Waals surface area contributed by atoms with Crippen LogP contribution in [0.2, 0.25) is 0 Å². The van der Waals surface area contributed by atoms with Crippen LogP contribution in [0.5, 0.6) is 5.75 Å². The Balaban J connectivity index is 0.00000352. The number of rotatable bonds is 12. The third-order valence-corrected chi connectivity index (χ3v) is 11.2. The molecule has 4 amide bonds. The van der Waals surface area contributed by atoms with Crippen molar-refractivity contribution in [3.8, 4) is 11.8 Å². The van der Waals surface area contributed by atoms with E-state index in [1.54, 1.807) is 30.9 Å². The van der Waals surface area contributed by atoms with Crippen molar-refractivity contribution in [3.05, 3.63) is 71.3 Å². The fourth-order valence-corrected chi connectivity index (χ4v) is 8.19. The number of carbonyl (C=O) groups excluding carboxylic acids is 4. The largest absolute Gasteiger partial charge is 0.492 e. The Kier molecular flexibility index (Phi) is 12.5. The summed E-state index contributed by atoms with van der Waals surface area (Å²) in [7, 11) is 0. The third kappa shape index (κ3) is 9.35. The Morgan fingerprint density at radius 1 is 1.08 bits per heavy atom. The van der Waals surface area contributed by atoms with E-state index in [4.69, 9.17) is 17.0 Å². The molecule has 3 aliphatic rings. The number of ether oxygens (including phenoxy) is 1. The first-order valence-electron chi connectivity index (χ1n) is 19.3. The molecule has 1 aromatic heterocycles. The predicted octanol–water partition coefficient (Wildman–Crippen LogP) is 5.96. The first-order chi connectivity index (χ1) is 28.2. The van der Waals surface area contributed by atoms with Gasteiger partial charge in [0.2, 0.25) is 17.7 Å². The molecule has 19 heteroatoms. The number of hydrogen-bond donors (Lipinski definition) is 3. The van der Waals surface area contributed by atoms with Crippen molar-refractivity contribution < 1.29 is 45.8 Å². The lowest BCUT2D eigenvalue weighted by molar-refractivity contribution is -0.138. The summed E-state index contributed by atoms with van der Waals surface area (Å²) in [5.41, 5.74) is -2.04. The second-order valence-corrected chi connectivity index (χ2v) is 16.3. The Hall–Kier alpha value is -5.71. The smallest absolute Gasteiger partial charge is 0.419 e. The number of alkyl halides is 3. The number of carbonyl (C=O) groups is 4. The fourth-order valence-electron chi connectivity index (χ4n) is 7.67. The molecule has 4 heterocycles. The maximum atomic E-state index is 14.5. The summed E-state index contributed by atoms with van der Waals surface area (Å²) < 4.78 is 62.0. The number of piperidine rings is 1. The van der Waals surface area contributed by atoms with Crippen molar-refractivity contribution in [2.45, 2.75) is 77.2 Å². The Labute approximate surface area is 354 Å². The van der Waals surface area contributed by atoms with Gasteiger partial charge in [0, 0.05) is 59.5 Å². The van der Waals surface area contributed by atoms with Gasteiger partial charge in [0.1, 0.15) is 35.8 Å². The lowest BCUT2D eigenvalue weighted by atomic mass is 9.98. The van der Waals surface area contributed by atoms with E-state index in [0.717, 1.165) is 16.7 Å². The number of pyridine rings is 1. The summed E-state index contributed by atoms with van der Waals surface area (Å²) >= 11 is 5.68. The summed E-state index contributed by atoms with van der Waals surface area (Å²) in [6, 6.07) is 10.7. The van der Waals surface area contributed by atoms with Crippen molar-refractivity contribution >= 4 is 63.7 Å². The van der Waals surface area contributed by atoms with E-state index in [1.807, 2.05) is 26.8 Å². The number of nitrogens with zero attached hydrogens (tertiary/aromatic N) is 6. The van der Waals surface area contributed by atoms with Gasteiger partial charge >= 0.3 is 6.18 Å². The van der Waals surface area contributed by atoms with Gasteiger partial charge in [-0.15, -0.1) is 0 Å². The first-order valence-corrected chi connectivity index (χ1v) is 19.7. The Morgan fingerprint density at radius 2 is 1.82 bits per heavy atom. The molecule has 60 heavy (non-hydrogen) atoms. The second-order valence-electron chi connectivity index (χ2n) is 15.9. The molecule has 1 unspecified atom stereocenters. The van der Waals surface area contributed by atoms with Gasteiger partial charge in [0.25, 0.3) is 5.91 Å². The number of piperazine rings is 1. The van der Waals surface area contributed by atoms with Gasteiger partial charge in [-0.3, -0.25) is 39.2 Å². The van der Waals surface area contributed by atoms with Crippen LogP contribution in [0.1, 0.15) is 68.6 Å². The molecule has 14 nitrogen and oxygen atoms in total. The van der Waals surface area contributed by atoms with Crippen LogP contribution in [0.25, 0.3) is 0 Å². The van der Waals surface area contributed by atoms with Gasteiger partial charge < -0.3 is 20.3 Å². The number of aryl methyl sites for hydroxylation is 1. The molecule has 3 N–H and O–H groups in total. The summed E-state index contributed by atoms with van der Waals surface area (Å²) in [5, 5.41) is 17.1. The highest BCUT2D eigenvalue weighted by Crippen LogP contribution is 2.40. The van der Waals surface area contributed by atoms with E-state index in [-0.39, 0.29) is 52.0 Å². The van der Waals surface area contributed by atoms with Crippen molar-refractivity contribution in [1.82, 2.24) is 20.1 Å². The van der Waals surface area contributed by atoms with E-state index < -0.39 is 52.2 Å². The van der Waals surface area contributed by atoms with Gasteiger partial charge in [-0.2, -0.15) is 18.4 Å². The maximum absolute atomic E-state index is 14.5. The van der Waals surface area contributed by atoms with Crippen LogP contribution in [0.15, 0.2) is 48.7 Å². The molecule has 0 radical (unpaired) electrons. The zero-order chi connectivity index (χ0) is 43.7. The van der Waals surface area contributed by atoms with E-state index >= 15 is 0 Å². The first kappa shape index (κ1) is 43.9. The number of benzene rings is 2.